The number of nitrogens with one attached hydrogen (secondary N) is 1. The number of anilines is 1. The minimum absolute atomic E-state index is 0.140. The summed E-state index contributed by atoms with van der Waals surface area (Å²) in [5, 5.41) is 4.63. The highest BCUT2D eigenvalue weighted by Gasteiger charge is 2.11. The van der Waals surface area contributed by atoms with Gasteiger partial charge in [0, 0.05) is 23.8 Å². The van der Waals surface area contributed by atoms with E-state index in [0.717, 1.165) is 10.8 Å². The van der Waals surface area contributed by atoms with Crippen molar-refractivity contribution >= 4 is 22.4 Å². The topological polar surface area (TPSA) is 68.0 Å². The van der Waals surface area contributed by atoms with Gasteiger partial charge in [-0.2, -0.15) is 0 Å². The Kier molecular flexibility index (Phi) is 3.46. The number of benzene rings is 1. The smallest absolute Gasteiger partial charge is 0.270 e. The summed E-state index contributed by atoms with van der Waals surface area (Å²) in [6.45, 7) is 4.75. The third-order valence-corrected chi connectivity index (χ3v) is 2.67. The number of nitrogens with two attached hydrogens (primary N) is 1. The summed E-state index contributed by atoms with van der Waals surface area (Å²) < 4.78 is 0. The Labute approximate surface area is 106 Å². The molecular formula is C14H17N3O. The first kappa shape index (κ1) is 12.4. The van der Waals surface area contributed by atoms with E-state index in [2.05, 4.69) is 24.1 Å². The number of carbonyl (C=O) groups is 1. The Morgan fingerprint density at radius 2 is 2.17 bits per heavy atom. The van der Waals surface area contributed by atoms with Crippen LogP contribution in [0.15, 0.2) is 30.5 Å². The first-order valence-electron chi connectivity index (χ1n) is 6.00. The molecule has 0 aliphatic rings. The molecule has 94 valence electrons. The lowest BCUT2D eigenvalue weighted by atomic mass is 10.1. The number of carbonyl (C=O) groups excluding carboxylic acids is 1. The molecule has 1 aromatic carbocycles. The van der Waals surface area contributed by atoms with Gasteiger partial charge in [-0.3, -0.25) is 9.78 Å². The van der Waals surface area contributed by atoms with E-state index in [9.17, 15) is 4.79 Å². The van der Waals surface area contributed by atoms with Crippen LogP contribution in [0, 0.1) is 5.92 Å². The lowest BCUT2D eigenvalue weighted by Gasteiger charge is -2.09. The van der Waals surface area contributed by atoms with Gasteiger partial charge in [0.05, 0.1) is 0 Å². The Hall–Kier alpha value is -2.10. The number of nitrogen functional groups attached to an aromatic ring is 1. The summed E-state index contributed by atoms with van der Waals surface area (Å²) in [7, 11) is 0. The maximum absolute atomic E-state index is 12.0. The van der Waals surface area contributed by atoms with Gasteiger partial charge >= 0.3 is 0 Å². The summed E-state index contributed by atoms with van der Waals surface area (Å²) in [5.74, 6) is 0.277. The van der Waals surface area contributed by atoms with Crippen molar-refractivity contribution in [3.8, 4) is 0 Å². The van der Waals surface area contributed by atoms with Crippen molar-refractivity contribution in [3.63, 3.8) is 0 Å². The van der Waals surface area contributed by atoms with E-state index in [0.29, 0.717) is 23.8 Å². The van der Waals surface area contributed by atoms with E-state index in [4.69, 9.17) is 5.73 Å². The summed E-state index contributed by atoms with van der Waals surface area (Å²) in [6.07, 6.45) is 1.63. The zero-order valence-corrected chi connectivity index (χ0v) is 10.6. The van der Waals surface area contributed by atoms with Crippen molar-refractivity contribution in [2.24, 2.45) is 5.92 Å². The molecule has 0 aliphatic carbocycles. The molecule has 4 nitrogen and oxygen atoms in total. The van der Waals surface area contributed by atoms with Crippen LogP contribution in [-0.2, 0) is 0 Å². The molecule has 0 spiro atoms. The van der Waals surface area contributed by atoms with Crippen molar-refractivity contribution < 1.29 is 4.79 Å². The van der Waals surface area contributed by atoms with Gasteiger partial charge in [0.15, 0.2) is 0 Å². The molecule has 0 saturated heterocycles. The first-order chi connectivity index (χ1) is 8.58. The highest BCUT2D eigenvalue weighted by Crippen LogP contribution is 2.19. The summed E-state index contributed by atoms with van der Waals surface area (Å²) >= 11 is 0. The number of pyridine rings is 1. The molecule has 1 aromatic heterocycles. The average molecular weight is 243 g/mol. The van der Waals surface area contributed by atoms with Gasteiger partial charge in [-0.15, -0.1) is 0 Å². The number of hydrogen-bond acceptors (Lipinski definition) is 3. The first-order valence-corrected chi connectivity index (χ1v) is 6.00. The quantitative estimate of drug-likeness (QED) is 0.812. The monoisotopic (exact) mass is 243 g/mol. The minimum atomic E-state index is -0.140. The van der Waals surface area contributed by atoms with Crippen LogP contribution in [0.25, 0.3) is 10.8 Å². The van der Waals surface area contributed by atoms with Crippen LogP contribution in [0.4, 0.5) is 5.69 Å². The van der Waals surface area contributed by atoms with Crippen LogP contribution >= 0.6 is 0 Å². The van der Waals surface area contributed by atoms with Crippen LogP contribution in [-0.4, -0.2) is 17.4 Å². The number of fused-ring (bicyclic) bond motifs is 1. The molecule has 18 heavy (non-hydrogen) atoms. The van der Waals surface area contributed by atoms with Gasteiger partial charge in [0.1, 0.15) is 5.69 Å². The van der Waals surface area contributed by atoms with E-state index < -0.39 is 0 Å². The van der Waals surface area contributed by atoms with E-state index >= 15 is 0 Å². The molecule has 0 aliphatic heterocycles. The van der Waals surface area contributed by atoms with Crippen LogP contribution < -0.4 is 11.1 Å². The third-order valence-electron chi connectivity index (χ3n) is 2.67. The summed E-state index contributed by atoms with van der Waals surface area (Å²) in [6, 6.07) is 7.31. The zero-order valence-electron chi connectivity index (χ0n) is 10.6. The number of nitrogens with zero attached hydrogens (tertiary/aromatic N) is 1. The summed E-state index contributed by atoms with van der Waals surface area (Å²) in [4.78, 5) is 16.2. The molecular weight excluding hydrogens is 226 g/mol. The van der Waals surface area contributed by atoms with E-state index in [1.807, 2.05) is 18.2 Å². The fraction of sp³-hybridized carbons (Fsp3) is 0.286. The molecule has 0 fully saturated rings. The largest absolute Gasteiger partial charge is 0.399 e. The molecule has 2 rings (SSSR count). The van der Waals surface area contributed by atoms with Gasteiger partial charge in [0.2, 0.25) is 0 Å². The van der Waals surface area contributed by atoms with Crippen LogP contribution in [0.2, 0.25) is 0 Å². The molecule has 0 bridgehead atoms. The summed E-state index contributed by atoms with van der Waals surface area (Å²) in [5.41, 5.74) is 6.86. The van der Waals surface area contributed by atoms with Crippen LogP contribution in [0.1, 0.15) is 24.3 Å². The van der Waals surface area contributed by atoms with Gasteiger partial charge in [0.25, 0.3) is 5.91 Å². The van der Waals surface area contributed by atoms with E-state index in [-0.39, 0.29) is 5.91 Å². The second-order valence-corrected chi connectivity index (χ2v) is 4.74. The number of hydrogen-bond donors (Lipinski definition) is 2. The van der Waals surface area contributed by atoms with Crippen molar-refractivity contribution in [2.45, 2.75) is 13.8 Å². The number of rotatable bonds is 3. The second kappa shape index (κ2) is 5.04. The molecule has 2 aromatic rings. The Bertz CT molecular complexity index is 578. The van der Waals surface area contributed by atoms with Gasteiger partial charge in [-0.05, 0) is 35.6 Å². The lowest BCUT2D eigenvalue weighted by Crippen LogP contribution is -2.28. The fourth-order valence-corrected chi connectivity index (χ4v) is 1.76. The molecule has 0 saturated carbocycles. The number of amides is 1. The molecule has 0 atom stereocenters. The molecule has 3 N–H and O–H groups in total. The second-order valence-electron chi connectivity index (χ2n) is 4.74. The molecule has 0 unspecified atom stereocenters. The highest BCUT2D eigenvalue weighted by molar-refractivity contribution is 6.05. The van der Waals surface area contributed by atoms with Crippen LogP contribution in [0.5, 0.6) is 0 Å². The van der Waals surface area contributed by atoms with Gasteiger partial charge in [-0.25, -0.2) is 0 Å². The fourth-order valence-electron chi connectivity index (χ4n) is 1.76. The van der Waals surface area contributed by atoms with Crippen molar-refractivity contribution in [2.75, 3.05) is 12.3 Å². The molecule has 4 heteroatoms. The van der Waals surface area contributed by atoms with E-state index in [1.54, 1.807) is 12.3 Å². The van der Waals surface area contributed by atoms with Crippen LogP contribution in [0.3, 0.4) is 0 Å². The maximum atomic E-state index is 12.0. The molecule has 1 amide bonds. The lowest BCUT2D eigenvalue weighted by molar-refractivity contribution is 0.0946. The maximum Gasteiger partial charge on any atom is 0.270 e. The van der Waals surface area contributed by atoms with Gasteiger partial charge < -0.3 is 11.1 Å². The molecule has 1 heterocycles. The predicted octanol–water partition coefficient (Wildman–Crippen LogP) is 2.20. The zero-order chi connectivity index (χ0) is 13.1. The SMILES string of the molecule is CC(C)CNC(=O)c1nccc2cc(N)ccc12. The Morgan fingerprint density at radius 3 is 2.89 bits per heavy atom. The van der Waals surface area contributed by atoms with Gasteiger partial charge in [-0.1, -0.05) is 13.8 Å². The predicted molar refractivity (Wildman–Crippen MR) is 73.3 cm³/mol. The average Bonchev–Trinajstić information content (AvgIpc) is 2.34. The van der Waals surface area contributed by atoms with E-state index in [1.165, 1.54) is 0 Å². The van der Waals surface area contributed by atoms with Crippen molar-refractivity contribution in [3.05, 3.63) is 36.2 Å². The molecule has 0 radical (unpaired) electrons. The normalized spacial score (nSPS) is 10.8. The minimum Gasteiger partial charge on any atom is -0.399 e. The Morgan fingerprint density at radius 1 is 1.39 bits per heavy atom. The highest BCUT2D eigenvalue weighted by atomic mass is 16.1. The Balaban J connectivity index is 2.36. The van der Waals surface area contributed by atoms with Crippen molar-refractivity contribution in [1.29, 1.82) is 0 Å². The van der Waals surface area contributed by atoms with Crippen molar-refractivity contribution in [1.82, 2.24) is 10.3 Å². The standard InChI is InChI=1S/C14H17N3O/c1-9(2)8-17-14(18)13-12-4-3-11(15)7-10(12)5-6-16-13/h3-7,9H,8,15H2,1-2H3,(H,17,18). The third kappa shape index (κ3) is 2.59. The number of aromatic nitrogens is 1.